The van der Waals surface area contributed by atoms with Gasteiger partial charge in [0, 0.05) is 23.1 Å². The molecule has 1 saturated carbocycles. The van der Waals surface area contributed by atoms with E-state index in [1.54, 1.807) is 18.2 Å². The molecule has 0 radical (unpaired) electrons. The Morgan fingerprint density at radius 3 is 2.70 bits per heavy atom. The summed E-state index contributed by atoms with van der Waals surface area (Å²) < 4.78 is 5.99. The van der Waals surface area contributed by atoms with Crippen LogP contribution < -0.4 is 0 Å². The number of ketones is 1. The van der Waals surface area contributed by atoms with Gasteiger partial charge >= 0.3 is 0 Å². The van der Waals surface area contributed by atoms with Crippen LogP contribution in [-0.4, -0.2) is 18.0 Å². The number of halogens is 2. The minimum absolute atomic E-state index is 0.0283. The Bertz CT molecular complexity index is 521. The molecule has 1 aromatic carbocycles. The van der Waals surface area contributed by atoms with Crippen molar-refractivity contribution in [3.63, 3.8) is 0 Å². The van der Waals surface area contributed by atoms with Crippen molar-refractivity contribution in [1.82, 2.24) is 0 Å². The Kier molecular flexibility index (Phi) is 4.07. The fraction of sp³-hybridized carbons (Fsp3) is 0.562. The molecular weight excluding hydrogens is 295 g/mol. The van der Waals surface area contributed by atoms with Gasteiger partial charge in [-0.1, -0.05) is 36.0 Å². The molecule has 1 aliphatic carbocycles. The van der Waals surface area contributed by atoms with Gasteiger partial charge in [0.05, 0.1) is 10.6 Å². The quantitative estimate of drug-likeness (QED) is 0.725. The van der Waals surface area contributed by atoms with Gasteiger partial charge in [-0.2, -0.15) is 0 Å². The molecule has 2 nitrogen and oxygen atoms in total. The van der Waals surface area contributed by atoms with Crippen molar-refractivity contribution in [3.05, 3.63) is 33.8 Å². The molecule has 0 amide bonds. The summed E-state index contributed by atoms with van der Waals surface area (Å²) in [5.74, 6) is 0.168. The van der Waals surface area contributed by atoms with Crippen LogP contribution in [0.25, 0.3) is 0 Å². The van der Waals surface area contributed by atoms with Crippen molar-refractivity contribution in [2.24, 2.45) is 5.92 Å². The van der Waals surface area contributed by atoms with Crippen molar-refractivity contribution in [1.29, 1.82) is 0 Å². The van der Waals surface area contributed by atoms with Crippen LogP contribution >= 0.6 is 23.2 Å². The third-order valence-corrected chi connectivity index (χ3v) is 5.12. The normalized spacial score (nSPS) is 25.0. The number of benzene rings is 1. The molecule has 20 heavy (non-hydrogen) atoms. The van der Waals surface area contributed by atoms with Crippen LogP contribution in [-0.2, 0) is 4.74 Å². The Morgan fingerprint density at radius 1 is 1.25 bits per heavy atom. The number of ether oxygens (including phenoxy) is 1. The molecule has 1 aromatic rings. The van der Waals surface area contributed by atoms with E-state index in [0.717, 1.165) is 25.7 Å². The van der Waals surface area contributed by atoms with Crippen molar-refractivity contribution in [2.75, 3.05) is 6.61 Å². The van der Waals surface area contributed by atoms with Gasteiger partial charge in [0.25, 0.3) is 0 Å². The maximum atomic E-state index is 12.7. The molecule has 3 rings (SSSR count). The lowest BCUT2D eigenvalue weighted by Crippen LogP contribution is -2.39. The van der Waals surface area contributed by atoms with Gasteiger partial charge in [-0.3, -0.25) is 4.79 Å². The highest BCUT2D eigenvalue weighted by Crippen LogP contribution is 2.43. The van der Waals surface area contributed by atoms with Gasteiger partial charge in [0.15, 0.2) is 5.78 Å². The molecule has 2 aliphatic rings. The average Bonchev–Trinajstić information content (AvgIpc) is 2.86. The van der Waals surface area contributed by atoms with E-state index < -0.39 is 0 Å². The molecule has 2 fully saturated rings. The summed E-state index contributed by atoms with van der Waals surface area (Å²) in [5, 5.41) is 1.01. The summed E-state index contributed by atoms with van der Waals surface area (Å²) in [7, 11) is 0. The van der Waals surface area contributed by atoms with E-state index in [0.29, 0.717) is 22.2 Å². The van der Waals surface area contributed by atoms with E-state index in [9.17, 15) is 4.79 Å². The molecule has 108 valence electrons. The third-order valence-electron chi connectivity index (χ3n) is 4.58. The monoisotopic (exact) mass is 312 g/mol. The molecule has 1 atom stereocenters. The smallest absolute Gasteiger partial charge is 0.167 e. The van der Waals surface area contributed by atoms with Gasteiger partial charge in [0.1, 0.15) is 0 Å². The summed E-state index contributed by atoms with van der Waals surface area (Å²) in [4.78, 5) is 12.7. The molecular formula is C16H18Cl2O2. The number of hydrogen-bond acceptors (Lipinski definition) is 2. The van der Waals surface area contributed by atoms with E-state index in [-0.39, 0.29) is 17.3 Å². The van der Waals surface area contributed by atoms with Crippen LogP contribution in [0.4, 0.5) is 0 Å². The first-order valence-corrected chi connectivity index (χ1v) is 7.98. The zero-order valence-electron chi connectivity index (χ0n) is 11.3. The Morgan fingerprint density at radius 2 is 2.00 bits per heavy atom. The number of carbonyl (C=O) groups is 1. The molecule has 0 N–H and O–H groups in total. The lowest BCUT2D eigenvalue weighted by atomic mass is 9.80. The lowest BCUT2D eigenvalue weighted by molar-refractivity contribution is -0.0866. The van der Waals surface area contributed by atoms with Crippen molar-refractivity contribution in [3.8, 4) is 0 Å². The van der Waals surface area contributed by atoms with Crippen LogP contribution in [0, 0.1) is 5.92 Å². The van der Waals surface area contributed by atoms with Crippen LogP contribution in [0.5, 0.6) is 0 Å². The van der Waals surface area contributed by atoms with E-state index in [4.69, 9.17) is 27.9 Å². The van der Waals surface area contributed by atoms with E-state index >= 15 is 0 Å². The van der Waals surface area contributed by atoms with Crippen molar-refractivity contribution in [2.45, 2.75) is 44.1 Å². The Balaban J connectivity index is 1.79. The maximum absolute atomic E-state index is 12.7. The topological polar surface area (TPSA) is 26.3 Å². The molecule has 1 spiro atoms. The van der Waals surface area contributed by atoms with Gasteiger partial charge in [0.2, 0.25) is 0 Å². The van der Waals surface area contributed by atoms with Crippen LogP contribution in [0.3, 0.4) is 0 Å². The number of hydrogen-bond donors (Lipinski definition) is 0. The van der Waals surface area contributed by atoms with Gasteiger partial charge < -0.3 is 4.74 Å². The maximum Gasteiger partial charge on any atom is 0.167 e. The first-order valence-electron chi connectivity index (χ1n) is 7.23. The van der Waals surface area contributed by atoms with E-state index in [1.165, 1.54) is 12.8 Å². The van der Waals surface area contributed by atoms with Gasteiger partial charge in [-0.25, -0.2) is 0 Å². The van der Waals surface area contributed by atoms with Crippen LogP contribution in [0.2, 0.25) is 10.0 Å². The second-order valence-corrected chi connectivity index (χ2v) is 6.76. The van der Waals surface area contributed by atoms with Crippen LogP contribution in [0.15, 0.2) is 18.2 Å². The summed E-state index contributed by atoms with van der Waals surface area (Å²) in [6, 6.07) is 5.11. The van der Waals surface area contributed by atoms with E-state index in [1.807, 2.05) is 0 Å². The fourth-order valence-corrected chi connectivity index (χ4v) is 4.03. The Labute approximate surface area is 129 Å². The zero-order chi connectivity index (χ0) is 14.2. The predicted octanol–water partition coefficient (Wildman–Crippen LogP) is 4.92. The van der Waals surface area contributed by atoms with E-state index in [2.05, 4.69) is 0 Å². The molecule has 4 heteroatoms. The molecule has 1 saturated heterocycles. The fourth-order valence-electron chi connectivity index (χ4n) is 3.53. The molecule has 0 bridgehead atoms. The number of carbonyl (C=O) groups excluding carboxylic acids is 1. The largest absolute Gasteiger partial charge is 0.375 e. The highest BCUT2D eigenvalue weighted by molar-refractivity contribution is 6.36. The Hall–Kier alpha value is -0.570. The third kappa shape index (κ3) is 2.74. The second kappa shape index (κ2) is 5.67. The van der Waals surface area contributed by atoms with Gasteiger partial charge in [-0.15, -0.1) is 0 Å². The molecule has 0 aromatic heterocycles. The standard InChI is InChI=1S/C16H18Cl2O2/c17-12-3-4-13(14(18)9-12)15(19)11-5-8-20-16(10-11)6-1-2-7-16/h3-4,9,11H,1-2,5-8,10H2. The SMILES string of the molecule is O=C(c1ccc(Cl)cc1Cl)C1CCOC2(CCCC2)C1. The van der Waals surface area contributed by atoms with Gasteiger partial charge in [-0.05, 0) is 43.9 Å². The zero-order valence-corrected chi connectivity index (χ0v) is 12.8. The molecule has 1 aliphatic heterocycles. The number of Topliss-reactive ketones (excluding diaryl/α,β-unsaturated/α-hetero) is 1. The highest BCUT2D eigenvalue weighted by Gasteiger charge is 2.42. The van der Waals surface area contributed by atoms with Crippen LogP contribution in [0.1, 0.15) is 48.9 Å². The summed E-state index contributed by atoms with van der Waals surface area (Å²) in [5.41, 5.74) is 0.549. The molecule has 1 heterocycles. The van der Waals surface area contributed by atoms with Crippen molar-refractivity contribution >= 4 is 29.0 Å². The van der Waals surface area contributed by atoms with Crippen molar-refractivity contribution < 1.29 is 9.53 Å². The minimum Gasteiger partial charge on any atom is -0.375 e. The first kappa shape index (κ1) is 14.4. The predicted molar refractivity (Wildman–Crippen MR) is 80.7 cm³/mol. The second-order valence-electron chi connectivity index (χ2n) is 5.92. The first-order chi connectivity index (χ1) is 9.60. The number of rotatable bonds is 2. The summed E-state index contributed by atoms with van der Waals surface area (Å²) >= 11 is 12.0. The highest BCUT2D eigenvalue weighted by atomic mass is 35.5. The minimum atomic E-state index is -0.0442. The lowest BCUT2D eigenvalue weighted by Gasteiger charge is -2.37. The summed E-state index contributed by atoms with van der Waals surface area (Å²) in [6.07, 6.45) is 6.23. The average molecular weight is 313 g/mol. The molecule has 1 unspecified atom stereocenters. The summed E-state index contributed by atoms with van der Waals surface area (Å²) in [6.45, 7) is 0.682.